The van der Waals surface area contributed by atoms with E-state index >= 15 is 8.78 Å². The number of primary amides is 1. The zero-order valence-corrected chi connectivity index (χ0v) is 35.4. The Labute approximate surface area is 363 Å². The van der Waals surface area contributed by atoms with E-state index in [1.54, 1.807) is 38.1 Å². The molecular formula is C39H52F2N10O11S. The normalized spacial score (nSPS) is 27.3. The summed E-state index contributed by atoms with van der Waals surface area (Å²) >= 11 is 0.958. The van der Waals surface area contributed by atoms with Crippen LogP contribution in [0.3, 0.4) is 0 Å². The fourth-order valence-corrected chi connectivity index (χ4v) is 8.61. The molecule has 9 atom stereocenters. The van der Waals surface area contributed by atoms with Gasteiger partial charge in [0.1, 0.15) is 36.3 Å². The number of nitrogens with zero attached hydrogens (tertiary/aromatic N) is 1. The van der Waals surface area contributed by atoms with Crippen molar-refractivity contribution in [1.29, 1.82) is 0 Å². The monoisotopic (exact) mass is 906 g/mol. The summed E-state index contributed by atoms with van der Waals surface area (Å²) in [6, 6.07) is -3.41. The van der Waals surface area contributed by atoms with Crippen LogP contribution in [-0.4, -0.2) is 154 Å². The fraction of sp³-hybridized carbons (Fsp3) is 0.564. The largest absolute Gasteiger partial charge is 0.394 e. The summed E-state index contributed by atoms with van der Waals surface area (Å²) in [7, 11) is 0. The van der Waals surface area contributed by atoms with E-state index < -0.39 is 152 Å². The van der Waals surface area contributed by atoms with Crippen molar-refractivity contribution < 1.29 is 62.1 Å². The minimum absolute atomic E-state index is 0.320. The lowest BCUT2D eigenvalue weighted by molar-refractivity contribution is -0.144. The number of nitrogens with two attached hydrogens (primary N) is 1. The van der Waals surface area contributed by atoms with Gasteiger partial charge in [0.2, 0.25) is 53.2 Å². The molecule has 3 aliphatic heterocycles. The molecule has 4 heterocycles. The predicted molar refractivity (Wildman–Crippen MR) is 219 cm³/mol. The maximum absolute atomic E-state index is 15.2. The van der Waals surface area contributed by atoms with E-state index in [4.69, 9.17) is 5.73 Å². The molecule has 344 valence electrons. The van der Waals surface area contributed by atoms with Gasteiger partial charge in [-0.3, -0.25) is 43.2 Å². The van der Waals surface area contributed by atoms with Crippen molar-refractivity contribution in [2.24, 2.45) is 17.6 Å². The molecule has 21 nitrogen and oxygen atoms in total. The van der Waals surface area contributed by atoms with Crippen molar-refractivity contribution in [3.05, 3.63) is 29.8 Å². The molecule has 5 rings (SSSR count). The van der Waals surface area contributed by atoms with Crippen LogP contribution in [0, 0.1) is 11.8 Å². The molecule has 12 N–H and O–H groups in total. The van der Waals surface area contributed by atoms with Gasteiger partial charge < -0.3 is 63.0 Å². The number of aliphatic hydroxyl groups is 2. The van der Waals surface area contributed by atoms with Crippen molar-refractivity contribution in [2.45, 2.75) is 99.8 Å². The zero-order valence-electron chi connectivity index (χ0n) is 34.6. The quantitative estimate of drug-likeness (QED) is 0.130. The molecule has 9 amide bonds. The molecule has 0 unspecified atom stereocenters. The Morgan fingerprint density at radius 3 is 2.21 bits per heavy atom. The number of hydrogen-bond donors (Lipinski definition) is 11. The number of H-pyrrole nitrogens is 1. The van der Waals surface area contributed by atoms with Gasteiger partial charge in [-0.05, 0) is 17.5 Å². The van der Waals surface area contributed by atoms with Crippen LogP contribution in [0.5, 0.6) is 0 Å². The van der Waals surface area contributed by atoms with E-state index in [0.717, 1.165) is 11.8 Å². The number of aromatic amines is 1. The van der Waals surface area contributed by atoms with Crippen LogP contribution in [-0.2, 0) is 49.6 Å². The van der Waals surface area contributed by atoms with Gasteiger partial charge in [-0.25, -0.2) is 8.78 Å². The summed E-state index contributed by atoms with van der Waals surface area (Å²) in [4.78, 5) is 127. The first-order chi connectivity index (χ1) is 29.7. The Bertz CT molecular complexity index is 2120. The summed E-state index contributed by atoms with van der Waals surface area (Å²) in [6.07, 6.45) is -3.85. The first kappa shape index (κ1) is 48.2. The maximum Gasteiger partial charge on any atom is 0.267 e. The highest BCUT2D eigenvalue weighted by atomic mass is 32.2. The number of alkyl halides is 2. The maximum atomic E-state index is 15.2. The van der Waals surface area contributed by atoms with E-state index in [1.807, 2.05) is 0 Å². The van der Waals surface area contributed by atoms with E-state index in [9.17, 15) is 53.4 Å². The number of carbonyl (C=O) groups is 9. The molecule has 1 aromatic carbocycles. The topological polar surface area (TPSA) is 323 Å². The van der Waals surface area contributed by atoms with Crippen LogP contribution in [0.1, 0.15) is 45.6 Å². The molecule has 0 aliphatic carbocycles. The fourth-order valence-electron chi connectivity index (χ4n) is 7.50. The number of nitrogens with one attached hydrogen (secondary N) is 8. The minimum Gasteiger partial charge on any atom is -0.394 e. The number of amides is 9. The summed E-state index contributed by atoms with van der Waals surface area (Å²) in [6.45, 7) is 0.964. The van der Waals surface area contributed by atoms with Crippen LogP contribution in [0.25, 0.3) is 10.9 Å². The first-order valence-corrected chi connectivity index (χ1v) is 21.2. The van der Waals surface area contributed by atoms with Crippen molar-refractivity contribution >= 4 is 75.8 Å². The number of aromatic nitrogens is 1. The lowest BCUT2D eigenvalue weighted by atomic mass is 9.93. The number of thioether (sulfide) groups is 1. The second-order valence-corrected chi connectivity index (χ2v) is 16.9. The van der Waals surface area contributed by atoms with Crippen LogP contribution in [0.15, 0.2) is 29.3 Å². The molecule has 0 saturated carbocycles. The standard InChI is InChI=1S/C39H52F2N10O11S/c1-4-17(2)30-35(60)44-12-28(55)45-24-15-63-37-20(19-7-5-6-8-21(19)48-37)9-22(32(57)43-13-29(56)49-30)46-36(61)31(18(3)26(53)14-52)50-34(59)25-11-39(40,41)16-51(25)38(62)23(10-27(42)54)47-33(24)58/h5-8,17-18,22-26,30-31,48,52-53H,4,9-16H2,1-3H3,(H2,42,54)(H,43,57)(H,44,60)(H,45,55)(H,46,61)(H,47,58)(H,49,56)(H,50,59)/t17-,18-,22-,23-,24-,25-,26-,30-,31-/m0/s1. The van der Waals surface area contributed by atoms with Crippen molar-refractivity contribution in [1.82, 2.24) is 47.1 Å². The number of carbonyl (C=O) groups excluding carboxylic acids is 9. The minimum atomic E-state index is -3.70. The lowest BCUT2D eigenvalue weighted by Crippen LogP contribution is -2.62. The van der Waals surface area contributed by atoms with Crippen molar-refractivity contribution in [2.75, 3.05) is 32.0 Å². The van der Waals surface area contributed by atoms with Crippen molar-refractivity contribution in [3.63, 3.8) is 0 Å². The molecule has 1 saturated heterocycles. The van der Waals surface area contributed by atoms with E-state index in [0.29, 0.717) is 32.8 Å². The van der Waals surface area contributed by atoms with Gasteiger partial charge in [-0.1, -0.05) is 45.4 Å². The van der Waals surface area contributed by atoms with Gasteiger partial charge in [0.05, 0.1) is 43.8 Å². The van der Waals surface area contributed by atoms with Gasteiger partial charge in [0.15, 0.2) is 0 Å². The third kappa shape index (κ3) is 11.8. The predicted octanol–water partition coefficient (Wildman–Crippen LogP) is -3.37. The summed E-state index contributed by atoms with van der Waals surface area (Å²) in [5, 5.41) is 38.5. The number of aliphatic hydroxyl groups excluding tert-OH is 2. The van der Waals surface area contributed by atoms with Gasteiger partial charge >= 0.3 is 0 Å². The van der Waals surface area contributed by atoms with E-state index in [2.05, 4.69) is 42.2 Å². The Kier molecular flexibility index (Phi) is 15.7. The molecule has 3 aliphatic rings. The number of benzene rings is 1. The third-order valence-corrected chi connectivity index (χ3v) is 12.4. The summed E-state index contributed by atoms with van der Waals surface area (Å²) in [5.41, 5.74) is 6.37. The summed E-state index contributed by atoms with van der Waals surface area (Å²) < 4.78 is 30.4. The molecule has 24 heteroatoms. The Morgan fingerprint density at radius 2 is 1.54 bits per heavy atom. The Hall–Kier alpha value is -5.88. The zero-order chi connectivity index (χ0) is 46.3. The van der Waals surface area contributed by atoms with Gasteiger partial charge in [0, 0.05) is 35.4 Å². The van der Waals surface area contributed by atoms with Crippen LogP contribution < -0.4 is 43.0 Å². The smallest absolute Gasteiger partial charge is 0.267 e. The van der Waals surface area contributed by atoms with Crippen LogP contribution in [0.2, 0.25) is 0 Å². The molecule has 2 bridgehead atoms. The summed E-state index contributed by atoms with van der Waals surface area (Å²) in [5.74, 6) is -15.4. The molecular weight excluding hydrogens is 855 g/mol. The number of rotatable bonds is 7. The van der Waals surface area contributed by atoms with Gasteiger partial charge in [0.25, 0.3) is 5.92 Å². The molecule has 0 radical (unpaired) electrons. The number of para-hydroxylation sites is 1. The average molecular weight is 907 g/mol. The van der Waals surface area contributed by atoms with Crippen LogP contribution in [0.4, 0.5) is 8.78 Å². The molecule has 2 aromatic rings. The highest BCUT2D eigenvalue weighted by Crippen LogP contribution is 2.34. The van der Waals surface area contributed by atoms with Gasteiger partial charge in [-0.2, -0.15) is 0 Å². The van der Waals surface area contributed by atoms with E-state index in [-0.39, 0.29) is 12.2 Å². The van der Waals surface area contributed by atoms with Gasteiger partial charge in [-0.15, -0.1) is 11.8 Å². The number of fused-ring (bicyclic) bond motifs is 5. The third-order valence-electron chi connectivity index (χ3n) is 11.3. The van der Waals surface area contributed by atoms with Crippen LogP contribution >= 0.6 is 11.8 Å². The van der Waals surface area contributed by atoms with Crippen molar-refractivity contribution in [3.8, 4) is 0 Å². The molecule has 63 heavy (non-hydrogen) atoms. The Morgan fingerprint density at radius 1 is 0.873 bits per heavy atom. The lowest BCUT2D eigenvalue weighted by Gasteiger charge is -2.32. The Balaban J connectivity index is 1.70. The number of hydrogen-bond acceptors (Lipinski definition) is 12. The molecule has 0 spiro atoms. The second kappa shape index (κ2) is 20.5. The second-order valence-electron chi connectivity index (χ2n) is 15.9. The molecule has 1 aromatic heterocycles. The number of halogens is 2. The molecule has 1 fully saturated rings. The average Bonchev–Trinajstić information content (AvgIpc) is 3.77. The SMILES string of the molecule is CC[C@H](C)[C@@H]1NC(=O)CNC(=O)[C@@H]2Cc3c([nH]c4ccccc34)SC[C@H](NC(=O)CNC1=O)C(=O)N[C@@H](CC(N)=O)C(=O)N1CC(F)(F)C[C@H]1C(=O)N[C@@H]([C@@H](C)[C@@H](O)CO)C(=O)N2. The van der Waals surface area contributed by atoms with E-state index in [1.165, 1.54) is 6.92 Å². The highest BCUT2D eigenvalue weighted by Gasteiger charge is 2.52. The first-order valence-electron chi connectivity index (χ1n) is 20.3. The highest BCUT2D eigenvalue weighted by molar-refractivity contribution is 7.99.